The first-order valence-electron chi connectivity index (χ1n) is 11.2. The monoisotopic (exact) mass is 430 g/mol. The van der Waals surface area contributed by atoms with Crippen molar-refractivity contribution in [3.8, 4) is 11.5 Å². The number of amides is 1. The van der Waals surface area contributed by atoms with Crippen molar-refractivity contribution in [1.29, 1.82) is 0 Å². The second-order valence-corrected chi connectivity index (χ2v) is 8.72. The van der Waals surface area contributed by atoms with E-state index < -0.39 is 0 Å². The number of nitrogens with zero attached hydrogens (tertiary/aromatic N) is 2. The van der Waals surface area contributed by atoms with Crippen LogP contribution in [0.2, 0.25) is 0 Å². The Morgan fingerprint density at radius 2 is 2.00 bits per heavy atom. The lowest BCUT2D eigenvalue weighted by atomic mass is 9.93. The summed E-state index contributed by atoms with van der Waals surface area (Å²) in [6, 6.07) is 17.7. The molecule has 166 valence electrons. The van der Waals surface area contributed by atoms with Gasteiger partial charge in [0.1, 0.15) is 17.2 Å². The standard InChI is InChI=1S/C27H30N2O3/c1-18(2)23-8-4-5-9-25(23)32-22-10-11-24(21(15-22)17-30)20-12-14-29(16-20)27(31)26-19(3)7-6-13-28-26/h4-11,13,15,18,20,30H,12,14,16-17H2,1-3H3/t20-/m1/s1. The molecule has 1 saturated heterocycles. The van der Waals surface area contributed by atoms with Gasteiger partial charge in [0.05, 0.1) is 6.61 Å². The molecule has 5 nitrogen and oxygen atoms in total. The van der Waals surface area contributed by atoms with Gasteiger partial charge in [-0.15, -0.1) is 0 Å². The lowest BCUT2D eigenvalue weighted by Crippen LogP contribution is -2.29. The van der Waals surface area contributed by atoms with Gasteiger partial charge in [-0.25, -0.2) is 0 Å². The molecule has 4 rings (SSSR count). The molecule has 3 aromatic rings. The van der Waals surface area contributed by atoms with Crippen LogP contribution in [0.1, 0.15) is 64.8 Å². The predicted octanol–water partition coefficient (Wildman–Crippen LogP) is 5.43. The first-order chi connectivity index (χ1) is 15.5. The van der Waals surface area contributed by atoms with Crippen LogP contribution in [0.5, 0.6) is 11.5 Å². The highest BCUT2D eigenvalue weighted by atomic mass is 16.5. The highest BCUT2D eigenvalue weighted by Crippen LogP contribution is 2.35. The Bertz CT molecular complexity index is 1110. The van der Waals surface area contributed by atoms with Gasteiger partial charge in [0.2, 0.25) is 0 Å². The normalized spacial score (nSPS) is 15.9. The van der Waals surface area contributed by atoms with Crippen molar-refractivity contribution in [1.82, 2.24) is 9.88 Å². The zero-order chi connectivity index (χ0) is 22.7. The minimum atomic E-state index is -0.0673. The molecule has 0 spiro atoms. The quantitative estimate of drug-likeness (QED) is 0.567. The Balaban J connectivity index is 1.52. The Kier molecular flexibility index (Phi) is 6.56. The summed E-state index contributed by atoms with van der Waals surface area (Å²) in [4.78, 5) is 19.1. The Morgan fingerprint density at radius 3 is 2.75 bits per heavy atom. The molecule has 0 bridgehead atoms. The average Bonchev–Trinajstić information content (AvgIpc) is 3.29. The topological polar surface area (TPSA) is 62.7 Å². The maximum atomic E-state index is 12.9. The van der Waals surface area contributed by atoms with Crippen molar-refractivity contribution in [2.75, 3.05) is 13.1 Å². The van der Waals surface area contributed by atoms with Crippen molar-refractivity contribution >= 4 is 5.91 Å². The van der Waals surface area contributed by atoms with E-state index in [1.807, 2.05) is 60.4 Å². The maximum Gasteiger partial charge on any atom is 0.272 e. The number of para-hydroxylation sites is 1. The first-order valence-corrected chi connectivity index (χ1v) is 11.2. The van der Waals surface area contributed by atoms with Crippen molar-refractivity contribution in [3.05, 3.63) is 88.7 Å². The highest BCUT2D eigenvalue weighted by molar-refractivity contribution is 5.93. The molecule has 32 heavy (non-hydrogen) atoms. The van der Waals surface area contributed by atoms with E-state index in [2.05, 4.69) is 24.9 Å². The van der Waals surface area contributed by atoms with Crippen molar-refractivity contribution in [2.24, 2.45) is 0 Å². The van der Waals surface area contributed by atoms with Crippen LogP contribution in [-0.2, 0) is 6.61 Å². The van der Waals surface area contributed by atoms with Gasteiger partial charge in [-0.3, -0.25) is 9.78 Å². The number of aliphatic hydroxyl groups excluding tert-OH is 1. The van der Waals surface area contributed by atoms with E-state index in [9.17, 15) is 9.90 Å². The number of hydrogen-bond donors (Lipinski definition) is 1. The largest absolute Gasteiger partial charge is 0.457 e. The fraction of sp³-hybridized carbons (Fsp3) is 0.333. The van der Waals surface area contributed by atoms with Crippen LogP contribution in [0.3, 0.4) is 0 Å². The number of pyridine rings is 1. The Hall–Kier alpha value is -3.18. The van der Waals surface area contributed by atoms with Crippen LogP contribution in [0.4, 0.5) is 0 Å². The van der Waals surface area contributed by atoms with Crippen LogP contribution in [0.15, 0.2) is 60.8 Å². The second-order valence-electron chi connectivity index (χ2n) is 8.72. The number of carbonyl (C=O) groups excluding carboxylic acids is 1. The zero-order valence-corrected chi connectivity index (χ0v) is 18.9. The number of ether oxygens (including phenoxy) is 1. The van der Waals surface area contributed by atoms with Gasteiger partial charge in [0.25, 0.3) is 5.91 Å². The van der Waals surface area contributed by atoms with Gasteiger partial charge in [0.15, 0.2) is 0 Å². The number of carbonyl (C=O) groups is 1. The number of aromatic nitrogens is 1. The summed E-state index contributed by atoms with van der Waals surface area (Å²) >= 11 is 0. The smallest absolute Gasteiger partial charge is 0.272 e. The number of benzene rings is 2. The number of aliphatic hydroxyl groups is 1. The third kappa shape index (κ3) is 4.53. The van der Waals surface area contributed by atoms with Gasteiger partial charge in [-0.05, 0) is 65.8 Å². The molecule has 0 unspecified atom stereocenters. The molecular formula is C27H30N2O3. The van der Waals surface area contributed by atoms with Gasteiger partial charge < -0.3 is 14.7 Å². The van der Waals surface area contributed by atoms with Crippen LogP contribution in [0.25, 0.3) is 0 Å². The molecule has 1 N–H and O–H groups in total. The van der Waals surface area contributed by atoms with E-state index >= 15 is 0 Å². The predicted molar refractivity (Wildman–Crippen MR) is 125 cm³/mol. The molecule has 5 heteroatoms. The molecule has 2 aromatic carbocycles. The Labute approximate surface area is 189 Å². The van der Waals surface area contributed by atoms with E-state index in [1.54, 1.807) is 6.20 Å². The molecular weight excluding hydrogens is 400 g/mol. The van der Waals surface area contributed by atoms with Crippen molar-refractivity contribution < 1.29 is 14.6 Å². The van der Waals surface area contributed by atoms with E-state index in [0.717, 1.165) is 34.4 Å². The van der Waals surface area contributed by atoms with Crippen LogP contribution >= 0.6 is 0 Å². The first kappa shape index (κ1) is 22.0. The molecule has 1 aliphatic heterocycles. The van der Waals surface area contributed by atoms with Crippen molar-refractivity contribution in [3.63, 3.8) is 0 Å². The highest BCUT2D eigenvalue weighted by Gasteiger charge is 2.30. The lowest BCUT2D eigenvalue weighted by Gasteiger charge is -2.19. The zero-order valence-electron chi connectivity index (χ0n) is 18.9. The summed E-state index contributed by atoms with van der Waals surface area (Å²) in [5.74, 6) is 2.06. The fourth-order valence-corrected chi connectivity index (χ4v) is 4.42. The van der Waals surface area contributed by atoms with Gasteiger partial charge in [-0.1, -0.05) is 44.2 Å². The summed E-state index contributed by atoms with van der Waals surface area (Å²) in [5.41, 5.74) is 4.48. The second kappa shape index (κ2) is 9.53. The summed E-state index contributed by atoms with van der Waals surface area (Å²) in [7, 11) is 0. The van der Waals surface area contributed by atoms with Crippen LogP contribution in [-0.4, -0.2) is 34.0 Å². The molecule has 1 aliphatic rings. The molecule has 1 amide bonds. The van der Waals surface area contributed by atoms with E-state index in [1.165, 1.54) is 0 Å². The van der Waals surface area contributed by atoms with Gasteiger partial charge >= 0.3 is 0 Å². The minimum absolute atomic E-state index is 0.0265. The molecule has 0 saturated carbocycles. The summed E-state index contributed by atoms with van der Waals surface area (Å²) in [6.07, 6.45) is 2.52. The lowest BCUT2D eigenvalue weighted by molar-refractivity contribution is 0.0784. The summed E-state index contributed by atoms with van der Waals surface area (Å²) in [6.45, 7) is 7.44. The number of hydrogen-bond acceptors (Lipinski definition) is 4. The van der Waals surface area contributed by atoms with Crippen LogP contribution < -0.4 is 4.74 Å². The third-order valence-corrected chi connectivity index (χ3v) is 6.18. The van der Waals surface area contributed by atoms with Gasteiger partial charge in [-0.2, -0.15) is 0 Å². The number of likely N-dealkylation sites (tertiary alicyclic amines) is 1. The molecule has 1 atom stereocenters. The van der Waals surface area contributed by atoms with E-state index in [-0.39, 0.29) is 18.4 Å². The molecule has 1 aromatic heterocycles. The molecule has 0 radical (unpaired) electrons. The average molecular weight is 431 g/mol. The van der Waals surface area contributed by atoms with E-state index in [0.29, 0.717) is 30.5 Å². The SMILES string of the molecule is Cc1cccnc1C(=O)N1CC[C@@H](c2ccc(Oc3ccccc3C(C)C)cc2CO)C1. The van der Waals surface area contributed by atoms with Crippen LogP contribution in [0, 0.1) is 6.92 Å². The van der Waals surface area contributed by atoms with Crippen molar-refractivity contribution in [2.45, 2.75) is 45.6 Å². The van der Waals surface area contributed by atoms with Gasteiger partial charge in [0, 0.05) is 25.2 Å². The summed E-state index contributed by atoms with van der Waals surface area (Å²) < 4.78 is 6.18. The minimum Gasteiger partial charge on any atom is -0.457 e. The molecule has 1 fully saturated rings. The maximum absolute atomic E-state index is 12.9. The molecule has 0 aliphatic carbocycles. The van der Waals surface area contributed by atoms with E-state index in [4.69, 9.17) is 4.74 Å². The Morgan fingerprint density at radius 1 is 1.19 bits per heavy atom. The fourth-order valence-electron chi connectivity index (χ4n) is 4.42. The summed E-state index contributed by atoms with van der Waals surface area (Å²) in [5, 5.41) is 10.1. The number of aryl methyl sites for hydroxylation is 1. The number of rotatable bonds is 6. The third-order valence-electron chi connectivity index (χ3n) is 6.18. The molecule has 2 heterocycles.